The Morgan fingerprint density at radius 3 is 1.35 bits per heavy atom. The molecule has 0 saturated heterocycles. The lowest BCUT2D eigenvalue weighted by Gasteiger charge is -2.21. The molecule has 0 aliphatic heterocycles. The van der Waals surface area contributed by atoms with E-state index in [1.165, 1.54) is 0 Å². The molecule has 0 atom stereocenters. The standard InChI is InChI=1S/C42H26O6/c43-38-37(39(44)41(46)42(47)40(38)45)36-29-14-5-3-12-27(29)35(28-13-4-6-15-30(28)36)31-19-18-23(24-9-1-2-10-25(24)31)22-17-20-34-32(21-22)26-11-7-8-16-33(26)48-34/h1-21,43-47H. The third-order valence-electron chi connectivity index (χ3n) is 9.43. The molecule has 8 aromatic carbocycles. The van der Waals surface area contributed by atoms with E-state index in [1.807, 2.05) is 84.9 Å². The first-order valence-electron chi connectivity index (χ1n) is 15.5. The molecule has 0 spiro atoms. The Hall–Kier alpha value is -6.66. The highest BCUT2D eigenvalue weighted by Gasteiger charge is 2.28. The summed E-state index contributed by atoms with van der Waals surface area (Å²) >= 11 is 0. The van der Waals surface area contributed by atoms with Crippen LogP contribution in [0.5, 0.6) is 28.7 Å². The molecule has 9 rings (SSSR count). The monoisotopic (exact) mass is 626 g/mol. The van der Waals surface area contributed by atoms with Crippen LogP contribution in [0.2, 0.25) is 0 Å². The zero-order chi connectivity index (χ0) is 32.7. The van der Waals surface area contributed by atoms with Crippen molar-refractivity contribution in [1.82, 2.24) is 0 Å². The molecule has 0 saturated carbocycles. The summed E-state index contributed by atoms with van der Waals surface area (Å²) in [5.41, 5.74) is 6.02. The SMILES string of the molecule is Oc1c(O)c(O)c(-c2c3ccccc3c(-c3ccc(-c4ccc5oc6ccccc6c5c4)c4ccccc34)c3ccccc23)c(O)c1O. The van der Waals surface area contributed by atoms with Gasteiger partial charge in [0.2, 0.25) is 17.2 Å². The van der Waals surface area contributed by atoms with Crippen LogP contribution < -0.4 is 0 Å². The molecule has 6 heteroatoms. The van der Waals surface area contributed by atoms with Crippen molar-refractivity contribution in [2.75, 3.05) is 0 Å². The Morgan fingerprint density at radius 2 is 0.750 bits per heavy atom. The Morgan fingerprint density at radius 1 is 0.312 bits per heavy atom. The maximum absolute atomic E-state index is 11.0. The van der Waals surface area contributed by atoms with Crippen LogP contribution >= 0.6 is 0 Å². The molecule has 0 radical (unpaired) electrons. The van der Waals surface area contributed by atoms with Crippen LogP contribution in [-0.4, -0.2) is 25.5 Å². The van der Waals surface area contributed by atoms with Crippen LogP contribution in [0.4, 0.5) is 0 Å². The highest BCUT2D eigenvalue weighted by Crippen LogP contribution is 2.58. The molecule has 6 nitrogen and oxygen atoms in total. The second-order valence-electron chi connectivity index (χ2n) is 12.0. The highest BCUT2D eigenvalue weighted by molar-refractivity contribution is 6.25. The van der Waals surface area contributed by atoms with Gasteiger partial charge in [-0.2, -0.15) is 0 Å². The average Bonchev–Trinajstić information content (AvgIpc) is 3.51. The molecule has 5 N–H and O–H groups in total. The van der Waals surface area contributed by atoms with Crippen LogP contribution in [-0.2, 0) is 0 Å². The third-order valence-corrected chi connectivity index (χ3v) is 9.43. The third kappa shape index (κ3) is 3.80. The van der Waals surface area contributed by atoms with Gasteiger partial charge in [0, 0.05) is 16.3 Å². The lowest BCUT2D eigenvalue weighted by atomic mass is 9.83. The molecule has 1 aromatic heterocycles. The summed E-state index contributed by atoms with van der Waals surface area (Å²) in [6, 6.07) is 42.2. The summed E-state index contributed by atoms with van der Waals surface area (Å²) in [6.07, 6.45) is 0. The minimum Gasteiger partial charge on any atom is -0.504 e. The first-order valence-corrected chi connectivity index (χ1v) is 15.5. The lowest BCUT2D eigenvalue weighted by Crippen LogP contribution is -1.93. The van der Waals surface area contributed by atoms with E-state index in [0.29, 0.717) is 16.3 Å². The van der Waals surface area contributed by atoms with Crippen LogP contribution in [0.3, 0.4) is 0 Å². The van der Waals surface area contributed by atoms with Crippen molar-refractivity contribution in [3.05, 3.63) is 127 Å². The highest BCUT2D eigenvalue weighted by atomic mass is 16.4. The Bertz CT molecular complexity index is 2710. The summed E-state index contributed by atoms with van der Waals surface area (Å²) in [4.78, 5) is 0. The van der Waals surface area contributed by atoms with Crippen molar-refractivity contribution >= 4 is 54.3 Å². The van der Waals surface area contributed by atoms with Gasteiger partial charge in [-0.1, -0.05) is 109 Å². The van der Waals surface area contributed by atoms with Crippen molar-refractivity contribution < 1.29 is 29.9 Å². The van der Waals surface area contributed by atoms with Crippen molar-refractivity contribution in [2.45, 2.75) is 0 Å². The number of phenols is 5. The van der Waals surface area contributed by atoms with E-state index in [9.17, 15) is 25.5 Å². The predicted octanol–water partition coefficient (Wildman–Crippen LogP) is 10.6. The van der Waals surface area contributed by atoms with Crippen LogP contribution in [0, 0.1) is 0 Å². The fraction of sp³-hybridized carbons (Fsp3) is 0. The van der Waals surface area contributed by atoms with Gasteiger partial charge in [0.05, 0.1) is 5.56 Å². The molecular weight excluding hydrogens is 600 g/mol. The van der Waals surface area contributed by atoms with Gasteiger partial charge in [0.25, 0.3) is 0 Å². The summed E-state index contributed by atoms with van der Waals surface area (Å²) < 4.78 is 6.09. The number of furan rings is 1. The van der Waals surface area contributed by atoms with Gasteiger partial charge in [0.15, 0.2) is 11.5 Å². The van der Waals surface area contributed by atoms with Crippen LogP contribution in [0.25, 0.3) is 87.6 Å². The number of phenolic OH excluding ortho intramolecular Hbond substituents is 5. The second-order valence-corrected chi connectivity index (χ2v) is 12.0. The van der Waals surface area contributed by atoms with Gasteiger partial charge in [-0.15, -0.1) is 0 Å². The van der Waals surface area contributed by atoms with E-state index < -0.39 is 28.7 Å². The zero-order valence-corrected chi connectivity index (χ0v) is 25.3. The van der Waals surface area contributed by atoms with E-state index in [-0.39, 0.29) is 5.56 Å². The van der Waals surface area contributed by atoms with Gasteiger partial charge >= 0.3 is 0 Å². The quantitative estimate of drug-likeness (QED) is 0.0757. The lowest BCUT2D eigenvalue weighted by molar-refractivity contribution is 0.330. The minimum atomic E-state index is -0.995. The smallest absolute Gasteiger partial charge is 0.208 e. The van der Waals surface area contributed by atoms with Gasteiger partial charge in [0.1, 0.15) is 11.2 Å². The number of para-hydroxylation sites is 1. The number of hydrogen-bond acceptors (Lipinski definition) is 6. The van der Waals surface area contributed by atoms with Crippen molar-refractivity contribution in [3.8, 4) is 62.1 Å². The summed E-state index contributed by atoms with van der Waals surface area (Å²) in [7, 11) is 0. The fourth-order valence-corrected chi connectivity index (χ4v) is 7.27. The maximum Gasteiger partial charge on any atom is 0.208 e. The van der Waals surface area contributed by atoms with Gasteiger partial charge in [-0.05, 0) is 72.8 Å². The molecule has 0 aliphatic rings. The summed E-state index contributed by atoms with van der Waals surface area (Å²) in [5.74, 6) is -4.29. The topological polar surface area (TPSA) is 114 Å². The van der Waals surface area contributed by atoms with Crippen LogP contribution in [0.15, 0.2) is 132 Å². The minimum absolute atomic E-state index is 0.177. The molecule has 0 fully saturated rings. The first kappa shape index (κ1) is 27.6. The van der Waals surface area contributed by atoms with Crippen molar-refractivity contribution in [3.63, 3.8) is 0 Å². The Kier molecular flexibility index (Phi) is 5.86. The van der Waals surface area contributed by atoms with Gasteiger partial charge in [-0.3, -0.25) is 0 Å². The van der Waals surface area contributed by atoms with E-state index in [1.54, 1.807) is 0 Å². The van der Waals surface area contributed by atoms with Crippen molar-refractivity contribution in [2.24, 2.45) is 0 Å². The largest absolute Gasteiger partial charge is 0.504 e. The van der Waals surface area contributed by atoms with Crippen LogP contribution in [0.1, 0.15) is 0 Å². The van der Waals surface area contributed by atoms with Gasteiger partial charge < -0.3 is 29.9 Å². The van der Waals surface area contributed by atoms with Gasteiger partial charge in [-0.25, -0.2) is 0 Å². The molecule has 0 bridgehead atoms. The summed E-state index contributed by atoms with van der Waals surface area (Å²) in [5, 5.41) is 60.5. The Labute approximate surface area is 273 Å². The number of aromatic hydroxyl groups is 5. The number of rotatable bonds is 3. The van der Waals surface area contributed by atoms with E-state index >= 15 is 0 Å². The fourth-order valence-electron chi connectivity index (χ4n) is 7.27. The van der Waals surface area contributed by atoms with E-state index in [4.69, 9.17) is 4.42 Å². The number of hydrogen-bond donors (Lipinski definition) is 5. The number of benzene rings is 8. The molecule has 230 valence electrons. The second kappa shape index (κ2) is 10.2. The molecule has 0 aliphatic carbocycles. The zero-order valence-electron chi connectivity index (χ0n) is 25.3. The van der Waals surface area contributed by atoms with Crippen molar-refractivity contribution in [1.29, 1.82) is 0 Å². The Balaban J connectivity index is 1.35. The molecule has 0 amide bonds. The number of fused-ring (bicyclic) bond motifs is 6. The average molecular weight is 627 g/mol. The van der Waals surface area contributed by atoms with E-state index in [2.05, 4.69) is 42.5 Å². The maximum atomic E-state index is 11.0. The first-order chi connectivity index (χ1) is 23.4. The normalized spacial score (nSPS) is 11.8. The predicted molar refractivity (Wildman–Crippen MR) is 191 cm³/mol. The summed E-state index contributed by atoms with van der Waals surface area (Å²) in [6.45, 7) is 0. The molecule has 9 aromatic rings. The molecule has 48 heavy (non-hydrogen) atoms. The molecule has 1 heterocycles. The molecular formula is C42H26O6. The van der Waals surface area contributed by atoms with E-state index in [0.717, 1.165) is 65.7 Å². The molecule has 0 unspecified atom stereocenters.